The molecule has 0 radical (unpaired) electrons. The Bertz CT molecular complexity index is 1230. The Morgan fingerprint density at radius 2 is 1.02 bits per heavy atom. The first-order valence-electron chi connectivity index (χ1n) is 26.6. The van der Waals surface area contributed by atoms with Crippen molar-refractivity contribution in [1.82, 2.24) is 0 Å². The third-order valence-electron chi connectivity index (χ3n) is 12.3. The van der Waals surface area contributed by atoms with Gasteiger partial charge in [-0.05, 0) is 44.9 Å². The van der Waals surface area contributed by atoms with Crippen LogP contribution >= 0.6 is 0 Å². The number of allylic oxidation sites excluding steroid dienone is 4. The van der Waals surface area contributed by atoms with Crippen molar-refractivity contribution in [2.45, 2.75) is 275 Å². The van der Waals surface area contributed by atoms with Crippen molar-refractivity contribution in [2.24, 2.45) is 0 Å². The fourth-order valence-corrected chi connectivity index (χ4v) is 8.80. The van der Waals surface area contributed by atoms with E-state index in [1.54, 1.807) is 0 Å². The summed E-state index contributed by atoms with van der Waals surface area (Å²) in [5, 5.41) is 30.8. The molecule has 0 aromatic carbocycles. The summed E-state index contributed by atoms with van der Waals surface area (Å²) in [7, 11) is -5.06. The van der Waals surface area contributed by atoms with Gasteiger partial charge in [0.2, 0.25) is 0 Å². The maximum Gasteiger partial charge on any atom is 0.397 e. The van der Waals surface area contributed by atoms with Crippen LogP contribution in [0.15, 0.2) is 24.3 Å². The molecule has 1 aliphatic rings. The summed E-state index contributed by atoms with van der Waals surface area (Å²) >= 11 is 0. The minimum atomic E-state index is -5.06. The van der Waals surface area contributed by atoms with Crippen molar-refractivity contribution >= 4 is 16.4 Å². The molecule has 0 aliphatic carbocycles. The van der Waals surface area contributed by atoms with Crippen molar-refractivity contribution in [2.75, 3.05) is 26.4 Å². The van der Waals surface area contributed by atoms with Crippen LogP contribution in [-0.2, 0) is 38.3 Å². The first-order valence-corrected chi connectivity index (χ1v) is 28.0. The Balaban J connectivity index is 2.33. The van der Waals surface area contributed by atoms with Crippen LogP contribution in [0.3, 0.4) is 0 Å². The standard InChI is InChI=1S/C52H98O12S/c1-3-5-7-9-11-13-15-17-19-21-22-23-24-25-26-28-30-32-34-36-38-40-42-60-44-46(45-61-52-50(56)51(64-65(57,58)59)49(55)47(43-53)63-52)62-48(54)41-39-37-35-33-31-29-27-20-18-16-14-12-10-8-6-4-2/h14,16,20,27,46-47,49-53,55-56H,3-13,15,17-19,21-26,28-45H2,1-2H3,(H,57,58,59)/b16-14-,27-20-. The Morgan fingerprint density at radius 3 is 1.48 bits per heavy atom. The summed E-state index contributed by atoms with van der Waals surface area (Å²) < 4.78 is 59.3. The lowest BCUT2D eigenvalue weighted by atomic mass is 9.99. The van der Waals surface area contributed by atoms with Gasteiger partial charge in [-0.25, -0.2) is 4.18 Å². The fourth-order valence-electron chi connectivity index (χ4n) is 8.29. The number of hydrogen-bond acceptors (Lipinski definition) is 11. The van der Waals surface area contributed by atoms with Crippen molar-refractivity contribution in [3.05, 3.63) is 24.3 Å². The molecule has 13 heteroatoms. The largest absolute Gasteiger partial charge is 0.457 e. The number of unbranched alkanes of at least 4 members (excludes halogenated alkanes) is 30. The van der Waals surface area contributed by atoms with Crippen LogP contribution in [0, 0.1) is 0 Å². The number of aliphatic hydroxyl groups is 3. The summed E-state index contributed by atoms with van der Waals surface area (Å²) in [6.45, 7) is 4.00. The number of rotatable bonds is 47. The second-order valence-corrected chi connectivity index (χ2v) is 19.5. The Morgan fingerprint density at radius 1 is 0.585 bits per heavy atom. The summed E-state index contributed by atoms with van der Waals surface area (Å²) in [5.74, 6) is -0.408. The zero-order valence-corrected chi connectivity index (χ0v) is 42.1. The first kappa shape index (κ1) is 61.6. The Hall–Kier alpha value is -1.42. The number of hydrogen-bond donors (Lipinski definition) is 4. The molecule has 1 aliphatic heterocycles. The monoisotopic (exact) mass is 947 g/mol. The third kappa shape index (κ3) is 37.2. The highest BCUT2D eigenvalue weighted by atomic mass is 32.3. The highest BCUT2D eigenvalue weighted by Gasteiger charge is 2.48. The predicted molar refractivity (Wildman–Crippen MR) is 262 cm³/mol. The molecule has 1 fully saturated rings. The highest BCUT2D eigenvalue weighted by Crippen LogP contribution is 2.26. The molecule has 0 saturated carbocycles. The lowest BCUT2D eigenvalue weighted by molar-refractivity contribution is -0.301. The van der Waals surface area contributed by atoms with E-state index in [4.69, 9.17) is 18.9 Å². The normalized spacial score (nSPS) is 19.8. The molecule has 12 nitrogen and oxygen atoms in total. The Kier molecular flexibility index (Phi) is 41.5. The summed E-state index contributed by atoms with van der Waals surface area (Å²) in [4.78, 5) is 12.9. The molecule has 1 heterocycles. The number of carbonyl (C=O) groups excluding carboxylic acids is 1. The van der Waals surface area contributed by atoms with E-state index >= 15 is 0 Å². The molecule has 6 unspecified atom stereocenters. The van der Waals surface area contributed by atoms with Crippen molar-refractivity contribution < 1.29 is 56.2 Å². The van der Waals surface area contributed by atoms with Crippen LogP contribution in [0.1, 0.15) is 239 Å². The van der Waals surface area contributed by atoms with Gasteiger partial charge in [-0.1, -0.05) is 212 Å². The number of ether oxygens (including phenoxy) is 4. The van der Waals surface area contributed by atoms with Crippen LogP contribution in [0.2, 0.25) is 0 Å². The van der Waals surface area contributed by atoms with Crippen molar-refractivity contribution in [3.63, 3.8) is 0 Å². The minimum Gasteiger partial charge on any atom is -0.457 e. The molecule has 0 aromatic rings. The van der Waals surface area contributed by atoms with Crippen molar-refractivity contribution in [3.8, 4) is 0 Å². The van der Waals surface area contributed by atoms with Gasteiger partial charge >= 0.3 is 16.4 Å². The summed E-state index contributed by atoms with van der Waals surface area (Å²) in [5.41, 5.74) is 0. The van der Waals surface area contributed by atoms with Gasteiger partial charge in [0.05, 0.1) is 19.8 Å². The van der Waals surface area contributed by atoms with E-state index in [2.05, 4.69) is 42.3 Å². The fraction of sp³-hybridized carbons (Fsp3) is 0.904. The predicted octanol–water partition coefficient (Wildman–Crippen LogP) is 12.4. The average Bonchev–Trinajstić information content (AvgIpc) is 3.28. The van der Waals surface area contributed by atoms with E-state index in [1.165, 1.54) is 154 Å². The van der Waals surface area contributed by atoms with Crippen LogP contribution in [0.4, 0.5) is 0 Å². The van der Waals surface area contributed by atoms with Crippen LogP contribution < -0.4 is 0 Å². The van der Waals surface area contributed by atoms with Gasteiger partial charge < -0.3 is 34.3 Å². The van der Waals surface area contributed by atoms with E-state index < -0.39 is 59.8 Å². The number of esters is 1. The van der Waals surface area contributed by atoms with Crippen molar-refractivity contribution in [1.29, 1.82) is 0 Å². The van der Waals surface area contributed by atoms with E-state index in [9.17, 15) is 33.1 Å². The molecular formula is C52H98O12S. The SMILES string of the molecule is CCCCCC/C=C\C/C=C\CCCCCCCC(=O)OC(COCCCCCCCCCCCCCCCCCCCCCCCC)COC1OC(CO)C(O)C(OS(=O)(=O)O)C1O. The quantitative estimate of drug-likeness (QED) is 0.0197. The van der Waals surface area contributed by atoms with Gasteiger partial charge in [-0.3, -0.25) is 9.35 Å². The lowest BCUT2D eigenvalue weighted by Crippen LogP contribution is -2.60. The number of carbonyl (C=O) groups is 1. The molecule has 384 valence electrons. The van der Waals surface area contributed by atoms with Gasteiger partial charge in [0.25, 0.3) is 0 Å². The molecule has 65 heavy (non-hydrogen) atoms. The average molecular weight is 947 g/mol. The van der Waals surface area contributed by atoms with Gasteiger partial charge in [0.15, 0.2) is 6.29 Å². The van der Waals surface area contributed by atoms with Gasteiger partial charge in [-0.2, -0.15) is 8.42 Å². The molecule has 6 atom stereocenters. The Labute approximate surface area is 397 Å². The molecule has 0 amide bonds. The van der Waals surface area contributed by atoms with E-state index in [-0.39, 0.29) is 19.6 Å². The van der Waals surface area contributed by atoms with E-state index in [0.29, 0.717) is 13.0 Å². The zero-order valence-electron chi connectivity index (χ0n) is 41.3. The molecule has 1 rings (SSSR count). The molecule has 0 bridgehead atoms. The molecule has 1 saturated heterocycles. The maximum atomic E-state index is 12.9. The summed E-state index contributed by atoms with van der Waals surface area (Å²) in [6, 6.07) is 0. The van der Waals surface area contributed by atoms with Crippen LogP contribution in [0.5, 0.6) is 0 Å². The zero-order chi connectivity index (χ0) is 47.5. The van der Waals surface area contributed by atoms with E-state index in [1.807, 2.05) is 0 Å². The van der Waals surface area contributed by atoms with Gasteiger partial charge in [0, 0.05) is 13.0 Å². The maximum absolute atomic E-state index is 12.9. The van der Waals surface area contributed by atoms with E-state index in [0.717, 1.165) is 57.8 Å². The van der Waals surface area contributed by atoms with Gasteiger partial charge in [-0.15, -0.1) is 0 Å². The molecule has 4 N–H and O–H groups in total. The lowest BCUT2D eigenvalue weighted by Gasteiger charge is -2.41. The van der Waals surface area contributed by atoms with Gasteiger partial charge in [0.1, 0.15) is 30.5 Å². The highest BCUT2D eigenvalue weighted by molar-refractivity contribution is 7.80. The second kappa shape index (κ2) is 43.8. The second-order valence-electron chi connectivity index (χ2n) is 18.5. The molecule has 0 aromatic heterocycles. The summed E-state index contributed by atoms with van der Waals surface area (Å²) in [6.07, 6.45) is 42.1. The third-order valence-corrected chi connectivity index (χ3v) is 12.8. The number of aliphatic hydroxyl groups excluding tert-OH is 3. The molecular weight excluding hydrogens is 849 g/mol. The minimum absolute atomic E-state index is 0.0348. The van der Waals surface area contributed by atoms with Crippen LogP contribution in [-0.4, -0.2) is 97.5 Å². The topological polar surface area (TPSA) is 178 Å². The molecule has 0 spiro atoms. The first-order chi connectivity index (χ1) is 31.6. The van der Waals surface area contributed by atoms with Crippen LogP contribution in [0.25, 0.3) is 0 Å². The smallest absolute Gasteiger partial charge is 0.397 e.